The van der Waals surface area contributed by atoms with Crippen molar-refractivity contribution >= 4 is 29.9 Å². The first kappa shape index (κ1) is 20.9. The van der Waals surface area contributed by atoms with Gasteiger partial charge in [0.25, 0.3) is 0 Å². The molecule has 0 aliphatic carbocycles. The molecule has 0 fully saturated rings. The molecule has 5 nitrogen and oxygen atoms in total. The fourth-order valence-electron chi connectivity index (χ4n) is 2.52. The molecule has 0 aliphatic heterocycles. The minimum Gasteiger partial charge on any atom is -0.357 e. The molecule has 1 aromatic heterocycles. The first-order valence-electron chi connectivity index (χ1n) is 8.61. The Kier molecular flexibility index (Phi) is 8.25. The number of aliphatic imine (C=N–C) groups is 1. The summed E-state index contributed by atoms with van der Waals surface area (Å²) in [6.07, 6.45) is 1.82. The largest absolute Gasteiger partial charge is 0.357 e. The highest BCUT2D eigenvalue weighted by molar-refractivity contribution is 14.0. The molecule has 0 unspecified atom stereocenters. The van der Waals surface area contributed by atoms with Crippen molar-refractivity contribution in [2.45, 2.75) is 20.0 Å². The predicted molar refractivity (Wildman–Crippen MR) is 117 cm³/mol. The van der Waals surface area contributed by atoms with E-state index in [4.69, 9.17) is 0 Å². The van der Waals surface area contributed by atoms with Gasteiger partial charge in [-0.15, -0.1) is 24.0 Å². The van der Waals surface area contributed by atoms with E-state index in [9.17, 15) is 4.39 Å². The van der Waals surface area contributed by atoms with Crippen molar-refractivity contribution < 1.29 is 4.39 Å². The molecule has 1 heterocycles. The molecule has 3 aromatic rings. The molecule has 3 rings (SSSR count). The molecule has 7 heteroatoms. The van der Waals surface area contributed by atoms with Crippen LogP contribution in [0, 0.1) is 5.82 Å². The van der Waals surface area contributed by atoms with Crippen molar-refractivity contribution in [2.24, 2.45) is 4.99 Å². The van der Waals surface area contributed by atoms with Gasteiger partial charge in [-0.3, -0.25) is 0 Å². The highest BCUT2D eigenvalue weighted by Gasteiger charge is 2.05. The molecule has 3 N–H and O–H groups in total. The average Bonchev–Trinajstić information content (AvgIpc) is 3.15. The zero-order valence-corrected chi connectivity index (χ0v) is 17.4. The maximum absolute atomic E-state index is 13.7. The summed E-state index contributed by atoms with van der Waals surface area (Å²) in [5, 5.41) is 6.37. The highest BCUT2D eigenvalue weighted by atomic mass is 127. The molecule has 2 aromatic carbocycles. The third-order valence-corrected chi connectivity index (χ3v) is 3.85. The zero-order chi connectivity index (χ0) is 18.2. The maximum Gasteiger partial charge on any atom is 0.191 e. The van der Waals surface area contributed by atoms with Gasteiger partial charge in [0.2, 0.25) is 0 Å². The Morgan fingerprint density at radius 1 is 1.07 bits per heavy atom. The van der Waals surface area contributed by atoms with E-state index >= 15 is 0 Å². The van der Waals surface area contributed by atoms with Crippen LogP contribution in [0.2, 0.25) is 0 Å². The van der Waals surface area contributed by atoms with Crippen LogP contribution in [0.3, 0.4) is 0 Å². The highest BCUT2D eigenvalue weighted by Crippen LogP contribution is 2.15. The quantitative estimate of drug-likeness (QED) is 0.284. The molecule has 0 saturated carbocycles. The summed E-state index contributed by atoms with van der Waals surface area (Å²) >= 11 is 0. The van der Waals surface area contributed by atoms with E-state index in [1.807, 2.05) is 49.5 Å². The van der Waals surface area contributed by atoms with E-state index in [0.717, 1.165) is 23.6 Å². The second kappa shape index (κ2) is 10.7. The minimum absolute atomic E-state index is 0. The molecule has 27 heavy (non-hydrogen) atoms. The molecule has 0 bridgehead atoms. The molecule has 142 valence electrons. The van der Waals surface area contributed by atoms with E-state index < -0.39 is 0 Å². The molecule has 0 radical (unpaired) electrons. The molecular weight excluding hydrogens is 456 g/mol. The Hall–Kier alpha value is -2.42. The van der Waals surface area contributed by atoms with Crippen molar-refractivity contribution in [3.63, 3.8) is 0 Å². The fourth-order valence-corrected chi connectivity index (χ4v) is 2.52. The van der Waals surface area contributed by atoms with E-state index in [-0.39, 0.29) is 36.3 Å². The number of hydrogen-bond acceptors (Lipinski definition) is 2. The van der Waals surface area contributed by atoms with Gasteiger partial charge in [-0.25, -0.2) is 14.4 Å². The molecule has 0 atom stereocenters. The molecule has 0 amide bonds. The average molecular weight is 479 g/mol. The summed E-state index contributed by atoms with van der Waals surface area (Å²) in [6.45, 7) is 3.47. The van der Waals surface area contributed by atoms with Gasteiger partial charge in [-0.1, -0.05) is 48.5 Å². The summed E-state index contributed by atoms with van der Waals surface area (Å²) in [5.74, 6) is 1.18. The van der Waals surface area contributed by atoms with Gasteiger partial charge in [0, 0.05) is 12.1 Å². The first-order valence-corrected chi connectivity index (χ1v) is 8.61. The van der Waals surface area contributed by atoms with Crippen molar-refractivity contribution in [2.75, 3.05) is 6.54 Å². The fraction of sp³-hybridized carbons (Fsp3) is 0.200. The van der Waals surface area contributed by atoms with Crippen molar-refractivity contribution in [3.05, 3.63) is 78.0 Å². The summed E-state index contributed by atoms with van der Waals surface area (Å²) in [5.41, 5.74) is 2.62. The lowest BCUT2D eigenvalue weighted by Crippen LogP contribution is -2.37. The smallest absolute Gasteiger partial charge is 0.191 e. The Labute approximate surface area is 175 Å². The van der Waals surface area contributed by atoms with Crippen LogP contribution in [-0.4, -0.2) is 22.5 Å². The number of imidazole rings is 1. The summed E-state index contributed by atoms with van der Waals surface area (Å²) in [7, 11) is 0. The van der Waals surface area contributed by atoms with Gasteiger partial charge in [0.1, 0.15) is 11.6 Å². The molecular formula is C20H23FIN5. The third-order valence-electron chi connectivity index (χ3n) is 3.85. The standard InChI is InChI=1S/C20H22FN5.HI/c1-2-22-20(24-12-16-10-6-7-11-17(16)21)25-14-19-23-13-18(26-19)15-8-4-3-5-9-15;/h3-11,13H,2,12,14H2,1H3,(H,23,26)(H2,22,24,25);1H. The lowest BCUT2D eigenvalue weighted by Gasteiger charge is -2.10. The topological polar surface area (TPSA) is 65.1 Å². The Morgan fingerprint density at radius 3 is 2.56 bits per heavy atom. The first-order chi connectivity index (χ1) is 12.8. The Bertz CT molecular complexity index is 864. The predicted octanol–water partition coefficient (Wildman–Crippen LogP) is 4.09. The number of H-pyrrole nitrogens is 1. The van der Waals surface area contributed by atoms with E-state index in [1.54, 1.807) is 12.1 Å². The van der Waals surface area contributed by atoms with E-state index in [2.05, 4.69) is 25.6 Å². The normalized spacial score (nSPS) is 11.0. The van der Waals surface area contributed by atoms with Crippen LogP contribution in [0.25, 0.3) is 11.3 Å². The van der Waals surface area contributed by atoms with Crippen LogP contribution in [0.5, 0.6) is 0 Å². The number of nitrogens with zero attached hydrogens (tertiary/aromatic N) is 2. The lowest BCUT2D eigenvalue weighted by molar-refractivity contribution is 0.610. The van der Waals surface area contributed by atoms with Gasteiger partial charge in [-0.05, 0) is 18.6 Å². The SMILES string of the molecule is CCNC(=NCc1ccccc1F)NCc1ncc(-c2ccccc2)[nH]1.I. The minimum atomic E-state index is -0.245. The molecule has 0 aliphatic rings. The van der Waals surface area contributed by atoms with Gasteiger partial charge in [-0.2, -0.15) is 0 Å². The number of rotatable bonds is 6. The van der Waals surface area contributed by atoms with Gasteiger partial charge in [0.05, 0.1) is 25.0 Å². The zero-order valence-electron chi connectivity index (χ0n) is 15.1. The van der Waals surface area contributed by atoms with Gasteiger partial charge < -0.3 is 15.6 Å². The van der Waals surface area contributed by atoms with Gasteiger partial charge >= 0.3 is 0 Å². The van der Waals surface area contributed by atoms with Gasteiger partial charge in [0.15, 0.2) is 5.96 Å². The second-order valence-electron chi connectivity index (χ2n) is 5.75. The summed E-state index contributed by atoms with van der Waals surface area (Å²) < 4.78 is 13.7. The Balaban J connectivity index is 0.00000261. The van der Waals surface area contributed by atoms with Crippen molar-refractivity contribution in [1.29, 1.82) is 0 Å². The maximum atomic E-state index is 13.7. The lowest BCUT2D eigenvalue weighted by atomic mass is 10.2. The van der Waals surface area contributed by atoms with Crippen LogP contribution in [-0.2, 0) is 13.1 Å². The van der Waals surface area contributed by atoms with Crippen LogP contribution < -0.4 is 10.6 Å². The number of benzene rings is 2. The monoisotopic (exact) mass is 479 g/mol. The number of guanidine groups is 1. The molecule has 0 spiro atoms. The van der Waals surface area contributed by atoms with Crippen molar-refractivity contribution in [3.8, 4) is 11.3 Å². The van der Waals surface area contributed by atoms with Crippen LogP contribution in [0.15, 0.2) is 65.8 Å². The van der Waals surface area contributed by atoms with Crippen LogP contribution >= 0.6 is 24.0 Å². The summed E-state index contributed by atoms with van der Waals surface area (Å²) in [4.78, 5) is 12.1. The van der Waals surface area contributed by atoms with Crippen LogP contribution in [0.1, 0.15) is 18.3 Å². The number of aromatic amines is 1. The van der Waals surface area contributed by atoms with Crippen molar-refractivity contribution in [1.82, 2.24) is 20.6 Å². The Morgan fingerprint density at radius 2 is 1.81 bits per heavy atom. The number of hydrogen-bond donors (Lipinski definition) is 3. The number of nitrogens with one attached hydrogen (secondary N) is 3. The van der Waals surface area contributed by atoms with E-state index in [0.29, 0.717) is 18.1 Å². The second-order valence-corrected chi connectivity index (χ2v) is 5.75. The van der Waals surface area contributed by atoms with E-state index in [1.165, 1.54) is 6.07 Å². The number of aromatic nitrogens is 2. The van der Waals surface area contributed by atoms with Crippen LogP contribution in [0.4, 0.5) is 4.39 Å². The third kappa shape index (κ3) is 6.06. The number of halogens is 2. The summed E-state index contributed by atoms with van der Waals surface area (Å²) in [6, 6.07) is 16.7. The molecule has 0 saturated heterocycles.